The summed E-state index contributed by atoms with van der Waals surface area (Å²) in [4.78, 5) is 14.9. The molecule has 3 aromatic rings. The summed E-state index contributed by atoms with van der Waals surface area (Å²) < 4.78 is 1.76. The van der Waals surface area contributed by atoms with Gasteiger partial charge >= 0.3 is 0 Å². The molecular weight excluding hydrogens is 380 g/mol. The normalized spacial score (nSPS) is 17.3. The van der Waals surface area contributed by atoms with E-state index in [1.165, 1.54) is 5.56 Å². The number of hydrogen-bond acceptors (Lipinski definition) is 4. The lowest BCUT2D eigenvalue weighted by Gasteiger charge is -2.23. The Balaban J connectivity index is 1.40. The Morgan fingerprint density at radius 3 is 3.00 bits per heavy atom. The number of halogens is 1. The van der Waals surface area contributed by atoms with Gasteiger partial charge in [0.2, 0.25) is 5.91 Å². The molecule has 0 radical (unpaired) electrons. The molecule has 0 spiro atoms. The van der Waals surface area contributed by atoms with Gasteiger partial charge in [-0.2, -0.15) is 16.4 Å². The maximum absolute atomic E-state index is 12.6. The van der Waals surface area contributed by atoms with Gasteiger partial charge in [-0.05, 0) is 53.4 Å². The number of rotatable bonds is 6. The van der Waals surface area contributed by atoms with Crippen molar-refractivity contribution in [3.8, 4) is 0 Å². The van der Waals surface area contributed by atoms with Crippen LogP contribution < -0.4 is 5.32 Å². The molecule has 1 unspecified atom stereocenters. The number of amides is 1. The van der Waals surface area contributed by atoms with Crippen LogP contribution in [0, 0.1) is 0 Å². The highest BCUT2D eigenvalue weighted by Crippen LogP contribution is 2.32. The van der Waals surface area contributed by atoms with E-state index in [1.54, 1.807) is 22.2 Å². The van der Waals surface area contributed by atoms with E-state index in [0.717, 1.165) is 24.9 Å². The summed E-state index contributed by atoms with van der Waals surface area (Å²) in [5.74, 6) is 0.671. The van der Waals surface area contributed by atoms with Crippen LogP contribution in [0.4, 0.5) is 5.82 Å². The van der Waals surface area contributed by atoms with Crippen molar-refractivity contribution in [2.24, 2.45) is 0 Å². The van der Waals surface area contributed by atoms with Crippen LogP contribution >= 0.6 is 22.9 Å². The summed E-state index contributed by atoms with van der Waals surface area (Å²) in [7, 11) is 0. The molecule has 1 N–H and O–H groups in total. The van der Waals surface area contributed by atoms with E-state index in [0.29, 0.717) is 30.0 Å². The first-order chi connectivity index (χ1) is 13.2. The first kappa shape index (κ1) is 18.2. The fourth-order valence-corrected chi connectivity index (χ4v) is 4.48. The molecule has 1 aliphatic rings. The maximum Gasteiger partial charge on any atom is 0.239 e. The van der Waals surface area contributed by atoms with Crippen LogP contribution in [0.3, 0.4) is 0 Å². The molecule has 27 heavy (non-hydrogen) atoms. The Kier molecular flexibility index (Phi) is 5.57. The Morgan fingerprint density at radius 1 is 1.30 bits per heavy atom. The largest absolute Gasteiger partial charge is 0.310 e. The van der Waals surface area contributed by atoms with E-state index in [4.69, 9.17) is 11.6 Å². The molecule has 1 amide bonds. The lowest BCUT2D eigenvalue weighted by Crippen LogP contribution is -2.33. The van der Waals surface area contributed by atoms with Crippen molar-refractivity contribution in [3.63, 3.8) is 0 Å². The van der Waals surface area contributed by atoms with Crippen LogP contribution in [0.2, 0.25) is 5.02 Å². The molecule has 1 aromatic carbocycles. The highest BCUT2D eigenvalue weighted by atomic mass is 35.5. The summed E-state index contributed by atoms with van der Waals surface area (Å²) in [5.41, 5.74) is 2.28. The van der Waals surface area contributed by atoms with Crippen LogP contribution in [0.5, 0.6) is 0 Å². The van der Waals surface area contributed by atoms with Gasteiger partial charge < -0.3 is 5.32 Å². The lowest BCUT2D eigenvalue weighted by molar-refractivity contribution is -0.117. The number of benzene rings is 1. The fourth-order valence-electron chi connectivity index (χ4n) is 3.58. The summed E-state index contributed by atoms with van der Waals surface area (Å²) in [6, 6.07) is 12.0. The minimum Gasteiger partial charge on any atom is -0.310 e. The summed E-state index contributed by atoms with van der Waals surface area (Å²) in [5, 5.41) is 12.3. The average molecular weight is 401 g/mol. The number of nitrogens with zero attached hydrogens (tertiary/aromatic N) is 3. The number of aromatic nitrogens is 2. The molecule has 3 heterocycles. The highest BCUT2D eigenvalue weighted by molar-refractivity contribution is 7.07. The number of nitrogens with one attached hydrogen (secondary N) is 1. The lowest BCUT2D eigenvalue weighted by atomic mass is 10.1. The minimum atomic E-state index is -0.0157. The van der Waals surface area contributed by atoms with Crippen molar-refractivity contribution < 1.29 is 4.79 Å². The predicted molar refractivity (Wildman–Crippen MR) is 109 cm³/mol. The van der Waals surface area contributed by atoms with Crippen molar-refractivity contribution in [1.29, 1.82) is 0 Å². The minimum absolute atomic E-state index is 0.0157. The van der Waals surface area contributed by atoms with E-state index in [9.17, 15) is 4.79 Å². The van der Waals surface area contributed by atoms with E-state index < -0.39 is 0 Å². The van der Waals surface area contributed by atoms with Gasteiger partial charge in [0.05, 0.1) is 19.3 Å². The topological polar surface area (TPSA) is 50.2 Å². The highest BCUT2D eigenvalue weighted by Gasteiger charge is 2.28. The van der Waals surface area contributed by atoms with Gasteiger partial charge in [0.1, 0.15) is 5.82 Å². The predicted octanol–water partition coefficient (Wildman–Crippen LogP) is 4.42. The van der Waals surface area contributed by atoms with Crippen LogP contribution in [-0.2, 0) is 11.3 Å². The van der Waals surface area contributed by atoms with Crippen LogP contribution in [-0.4, -0.2) is 33.7 Å². The first-order valence-electron chi connectivity index (χ1n) is 9.02. The van der Waals surface area contributed by atoms with Crippen molar-refractivity contribution >= 4 is 34.7 Å². The molecule has 1 aliphatic heterocycles. The molecule has 1 atom stereocenters. The zero-order valence-electron chi connectivity index (χ0n) is 14.8. The van der Waals surface area contributed by atoms with E-state index in [2.05, 4.69) is 32.1 Å². The van der Waals surface area contributed by atoms with Gasteiger partial charge in [0.15, 0.2) is 0 Å². The standard InChI is InChI=1S/C20H21ClN4OS/c21-17-5-2-1-4-15(17)12-25-19(7-9-22-25)23-20(26)13-24-10-3-6-18(24)16-8-11-27-14-16/h1-2,4-5,7-9,11,14,18H,3,6,10,12-13H2,(H,23,26). The van der Waals surface area contributed by atoms with Gasteiger partial charge in [-0.15, -0.1) is 0 Å². The van der Waals surface area contributed by atoms with Crippen molar-refractivity contribution in [1.82, 2.24) is 14.7 Å². The zero-order valence-corrected chi connectivity index (χ0v) is 16.4. The monoisotopic (exact) mass is 400 g/mol. The molecule has 0 bridgehead atoms. The number of anilines is 1. The first-order valence-corrected chi connectivity index (χ1v) is 10.3. The molecule has 2 aromatic heterocycles. The van der Waals surface area contributed by atoms with Crippen molar-refractivity contribution in [2.75, 3.05) is 18.4 Å². The van der Waals surface area contributed by atoms with Crippen molar-refractivity contribution in [2.45, 2.75) is 25.4 Å². The zero-order chi connectivity index (χ0) is 18.6. The molecule has 0 aliphatic carbocycles. The molecule has 1 saturated heterocycles. The van der Waals surface area contributed by atoms with E-state index >= 15 is 0 Å². The second kappa shape index (κ2) is 8.25. The fraction of sp³-hybridized carbons (Fsp3) is 0.300. The van der Waals surface area contributed by atoms with Gasteiger partial charge in [-0.25, -0.2) is 4.68 Å². The smallest absolute Gasteiger partial charge is 0.239 e. The third kappa shape index (κ3) is 4.24. The van der Waals surface area contributed by atoms with Gasteiger partial charge in [-0.3, -0.25) is 9.69 Å². The van der Waals surface area contributed by atoms with Gasteiger partial charge in [0, 0.05) is 17.1 Å². The Labute approximate surface area is 167 Å². The van der Waals surface area contributed by atoms with E-state index in [-0.39, 0.29) is 5.91 Å². The quantitative estimate of drug-likeness (QED) is 0.666. The van der Waals surface area contributed by atoms with Crippen LogP contribution in [0.25, 0.3) is 0 Å². The summed E-state index contributed by atoms with van der Waals surface area (Å²) >= 11 is 7.95. The Hall–Kier alpha value is -2.15. The molecule has 140 valence electrons. The SMILES string of the molecule is O=C(CN1CCCC1c1ccsc1)Nc1ccnn1Cc1ccccc1Cl. The molecule has 4 rings (SSSR count). The third-order valence-corrected chi connectivity index (χ3v) is 5.97. The van der Waals surface area contributed by atoms with Crippen LogP contribution in [0.15, 0.2) is 53.4 Å². The maximum atomic E-state index is 12.6. The Bertz CT molecular complexity index is 908. The Morgan fingerprint density at radius 2 is 2.19 bits per heavy atom. The average Bonchev–Trinajstić information content (AvgIpc) is 3.39. The molecule has 5 nitrogen and oxygen atoms in total. The number of carbonyl (C=O) groups excluding carboxylic acids is 1. The summed E-state index contributed by atoms with van der Waals surface area (Å²) in [6.45, 7) is 1.86. The number of thiophene rings is 1. The molecular formula is C20H21ClN4OS. The molecule has 1 fully saturated rings. The van der Waals surface area contributed by atoms with Gasteiger partial charge in [-0.1, -0.05) is 29.8 Å². The third-order valence-electron chi connectivity index (χ3n) is 4.90. The van der Waals surface area contributed by atoms with Crippen molar-refractivity contribution in [3.05, 3.63) is 69.5 Å². The van der Waals surface area contributed by atoms with E-state index in [1.807, 2.05) is 30.3 Å². The van der Waals surface area contributed by atoms with Crippen LogP contribution in [0.1, 0.15) is 30.0 Å². The molecule has 7 heteroatoms. The molecule has 0 saturated carbocycles. The second-order valence-corrected chi connectivity index (χ2v) is 7.89. The van der Waals surface area contributed by atoms with Gasteiger partial charge in [0.25, 0.3) is 0 Å². The number of hydrogen-bond donors (Lipinski definition) is 1. The number of carbonyl (C=O) groups is 1. The second-order valence-electron chi connectivity index (χ2n) is 6.70. The summed E-state index contributed by atoms with van der Waals surface area (Å²) in [6.07, 6.45) is 3.92. The number of likely N-dealkylation sites (tertiary alicyclic amines) is 1.